The standard InChI is InChI=1S/C14H23NO.ClH/c1-5-14(11(2)10-15(3)4)12-7-6-8-13(16)9-12;/h6-9,11,14,16H,5,10H2,1-4H3;1H/t11-,14+;/m1./s1/i1D3,5D2;. The summed E-state index contributed by atoms with van der Waals surface area (Å²) in [6.45, 7) is -0.349. The lowest BCUT2D eigenvalue weighted by molar-refractivity contribution is 0.301. The van der Waals surface area contributed by atoms with Gasteiger partial charge in [0.15, 0.2) is 0 Å². The summed E-state index contributed by atoms with van der Waals surface area (Å²) in [6, 6.07) is 6.21. The summed E-state index contributed by atoms with van der Waals surface area (Å²) in [4.78, 5) is 1.90. The number of phenolic OH excluding ortho intramolecular Hbond substituents is 1. The molecule has 98 valence electrons. The fourth-order valence-electron chi connectivity index (χ4n) is 1.95. The molecule has 0 aliphatic rings. The van der Waals surface area contributed by atoms with Crippen molar-refractivity contribution in [2.24, 2.45) is 5.92 Å². The molecule has 2 atom stereocenters. The number of hydrogen-bond acceptors (Lipinski definition) is 2. The molecule has 0 fully saturated rings. The van der Waals surface area contributed by atoms with Crippen LogP contribution in [0.3, 0.4) is 0 Å². The Kier molecular flexibility index (Phi) is 4.11. The van der Waals surface area contributed by atoms with Gasteiger partial charge in [-0.25, -0.2) is 0 Å². The van der Waals surface area contributed by atoms with E-state index in [2.05, 4.69) is 0 Å². The molecular weight excluding hydrogens is 234 g/mol. The highest BCUT2D eigenvalue weighted by Gasteiger charge is 2.18. The normalized spacial score (nSPS) is 20.1. The van der Waals surface area contributed by atoms with Crippen LogP contribution in [0, 0.1) is 5.92 Å². The molecule has 17 heavy (non-hydrogen) atoms. The van der Waals surface area contributed by atoms with Crippen molar-refractivity contribution in [3.63, 3.8) is 0 Å². The number of nitrogens with zero attached hydrogens (tertiary/aromatic N) is 1. The van der Waals surface area contributed by atoms with Crippen molar-refractivity contribution in [2.75, 3.05) is 20.6 Å². The summed E-state index contributed by atoms with van der Waals surface area (Å²) < 4.78 is 38.8. The molecule has 0 spiro atoms. The Bertz CT molecular complexity index is 479. The van der Waals surface area contributed by atoms with E-state index in [9.17, 15) is 5.11 Å². The average Bonchev–Trinajstić information content (AvgIpc) is 2.25. The van der Waals surface area contributed by atoms with Crippen molar-refractivity contribution in [1.82, 2.24) is 4.90 Å². The predicted molar refractivity (Wildman–Crippen MR) is 76.1 cm³/mol. The highest BCUT2D eigenvalue weighted by Crippen LogP contribution is 2.30. The van der Waals surface area contributed by atoms with Gasteiger partial charge in [0, 0.05) is 13.4 Å². The monoisotopic (exact) mass is 262 g/mol. The summed E-state index contributed by atoms with van der Waals surface area (Å²) in [6.07, 6.45) is -2.38. The molecule has 0 unspecified atom stereocenters. The van der Waals surface area contributed by atoms with E-state index in [-0.39, 0.29) is 24.1 Å². The fraction of sp³-hybridized carbons (Fsp3) is 0.571. The van der Waals surface area contributed by atoms with Crippen molar-refractivity contribution in [2.45, 2.75) is 26.1 Å². The van der Waals surface area contributed by atoms with E-state index >= 15 is 0 Å². The van der Waals surface area contributed by atoms with Gasteiger partial charge in [0.2, 0.25) is 0 Å². The van der Waals surface area contributed by atoms with Gasteiger partial charge in [0.1, 0.15) is 5.75 Å². The van der Waals surface area contributed by atoms with E-state index < -0.39 is 19.1 Å². The number of phenols is 1. The molecule has 0 aliphatic heterocycles. The molecule has 0 aromatic heterocycles. The largest absolute Gasteiger partial charge is 0.508 e. The lowest BCUT2D eigenvalue weighted by Gasteiger charge is -2.26. The van der Waals surface area contributed by atoms with Crippen molar-refractivity contribution < 1.29 is 12.0 Å². The Labute approximate surface area is 118 Å². The van der Waals surface area contributed by atoms with Gasteiger partial charge in [-0.3, -0.25) is 0 Å². The van der Waals surface area contributed by atoms with Gasteiger partial charge < -0.3 is 10.0 Å². The summed E-state index contributed by atoms with van der Waals surface area (Å²) in [5.41, 5.74) is 0.505. The maximum atomic E-state index is 9.62. The van der Waals surface area contributed by atoms with Gasteiger partial charge >= 0.3 is 0 Å². The molecular formula is C14H24ClNO. The van der Waals surface area contributed by atoms with Gasteiger partial charge in [-0.2, -0.15) is 0 Å². The highest BCUT2D eigenvalue weighted by molar-refractivity contribution is 5.85. The van der Waals surface area contributed by atoms with Crippen LogP contribution in [0.2, 0.25) is 0 Å². The smallest absolute Gasteiger partial charge is 0.115 e. The molecule has 1 aromatic rings. The Morgan fingerprint density at radius 1 is 1.47 bits per heavy atom. The summed E-state index contributed by atoms with van der Waals surface area (Å²) >= 11 is 0. The third-order valence-electron chi connectivity index (χ3n) is 2.61. The molecule has 2 nitrogen and oxygen atoms in total. The molecule has 1 N–H and O–H groups in total. The zero-order valence-electron chi connectivity index (χ0n) is 15.5. The zero-order valence-corrected chi connectivity index (χ0v) is 11.3. The van der Waals surface area contributed by atoms with Gasteiger partial charge in [-0.15, -0.1) is 12.4 Å². The molecule has 3 heteroatoms. The molecule has 0 aliphatic carbocycles. The van der Waals surface area contributed by atoms with Crippen LogP contribution in [0.25, 0.3) is 0 Å². The SMILES string of the molecule is Cl.[2H]C([2H])([2H])C([2H])([2H])[C@H](c1cccc(O)c1)[C@H](C)CN(C)C. The van der Waals surface area contributed by atoms with E-state index in [0.29, 0.717) is 12.1 Å². The Balaban J connectivity index is 0.00000441. The van der Waals surface area contributed by atoms with Gasteiger partial charge in [-0.05, 0) is 50.0 Å². The molecule has 0 saturated heterocycles. The third-order valence-corrected chi connectivity index (χ3v) is 2.61. The van der Waals surface area contributed by atoms with Crippen LogP contribution in [-0.4, -0.2) is 30.6 Å². The van der Waals surface area contributed by atoms with Crippen LogP contribution in [-0.2, 0) is 0 Å². The highest BCUT2D eigenvalue weighted by atomic mass is 35.5. The topological polar surface area (TPSA) is 23.5 Å². The maximum absolute atomic E-state index is 9.62. The van der Waals surface area contributed by atoms with Gasteiger partial charge in [0.25, 0.3) is 0 Å². The fourth-order valence-corrected chi connectivity index (χ4v) is 1.95. The van der Waals surface area contributed by atoms with Crippen molar-refractivity contribution in [1.29, 1.82) is 0 Å². The minimum absolute atomic E-state index is 0. The van der Waals surface area contributed by atoms with E-state index in [1.54, 1.807) is 12.1 Å². The first kappa shape index (κ1) is 9.23. The Hall–Kier alpha value is -0.730. The Morgan fingerprint density at radius 3 is 2.71 bits per heavy atom. The third kappa shape index (κ3) is 4.97. The first-order valence-corrected chi connectivity index (χ1v) is 5.40. The quantitative estimate of drug-likeness (QED) is 0.878. The van der Waals surface area contributed by atoms with Crippen LogP contribution < -0.4 is 0 Å². The molecule has 1 aromatic carbocycles. The van der Waals surface area contributed by atoms with E-state index in [0.717, 1.165) is 0 Å². The van der Waals surface area contributed by atoms with Crippen molar-refractivity contribution in [3.05, 3.63) is 29.8 Å². The van der Waals surface area contributed by atoms with Crippen LogP contribution in [0.1, 0.15) is 38.5 Å². The molecule has 0 amide bonds. The minimum atomic E-state index is -2.73. The van der Waals surface area contributed by atoms with Crippen LogP contribution in [0.15, 0.2) is 24.3 Å². The lowest BCUT2D eigenvalue weighted by Crippen LogP contribution is -2.24. The minimum Gasteiger partial charge on any atom is -0.508 e. The van der Waals surface area contributed by atoms with Crippen LogP contribution in [0.5, 0.6) is 5.75 Å². The number of rotatable bonds is 5. The van der Waals surface area contributed by atoms with E-state index in [1.165, 1.54) is 12.1 Å². The number of aromatic hydroxyl groups is 1. The molecule has 1 rings (SSSR count). The summed E-state index contributed by atoms with van der Waals surface area (Å²) in [5.74, 6) is -1.05. The molecule has 0 heterocycles. The lowest BCUT2D eigenvalue weighted by atomic mass is 9.85. The average molecular weight is 263 g/mol. The van der Waals surface area contributed by atoms with Crippen LogP contribution in [0.4, 0.5) is 0 Å². The van der Waals surface area contributed by atoms with Crippen molar-refractivity contribution in [3.8, 4) is 5.75 Å². The first-order chi connectivity index (χ1) is 9.46. The first-order valence-electron chi connectivity index (χ1n) is 7.90. The van der Waals surface area contributed by atoms with Gasteiger partial charge in [0.05, 0.1) is 0 Å². The molecule has 0 saturated carbocycles. The second kappa shape index (κ2) is 7.57. The number of halogens is 1. The second-order valence-electron chi connectivity index (χ2n) is 4.46. The summed E-state index contributed by atoms with van der Waals surface area (Å²) in [7, 11) is 3.72. The van der Waals surface area contributed by atoms with E-state index in [4.69, 9.17) is 6.85 Å². The number of benzene rings is 1. The zero-order chi connectivity index (χ0) is 16.4. The molecule has 0 radical (unpaired) electrons. The van der Waals surface area contributed by atoms with Crippen LogP contribution >= 0.6 is 12.4 Å². The maximum Gasteiger partial charge on any atom is 0.115 e. The second-order valence-corrected chi connectivity index (χ2v) is 4.46. The predicted octanol–water partition coefficient (Wildman–Crippen LogP) is 3.51. The van der Waals surface area contributed by atoms with E-state index in [1.807, 2.05) is 25.9 Å². The molecule has 0 bridgehead atoms. The van der Waals surface area contributed by atoms with Crippen molar-refractivity contribution >= 4 is 12.4 Å². The Morgan fingerprint density at radius 2 is 2.18 bits per heavy atom. The number of hydrogen-bond donors (Lipinski definition) is 1. The van der Waals surface area contributed by atoms with Gasteiger partial charge in [-0.1, -0.05) is 25.9 Å². The summed E-state index contributed by atoms with van der Waals surface area (Å²) in [5, 5.41) is 9.62.